The molecule has 0 bridgehead atoms. The third-order valence-electron chi connectivity index (χ3n) is 2.99. The normalized spacial score (nSPS) is 9.91. The minimum atomic E-state index is -0.469. The predicted octanol–water partition coefficient (Wildman–Crippen LogP) is 4.20. The number of carbonyl (C=O) groups is 2. The Balaban J connectivity index is 1.98. The number of ketones is 1. The van der Waals surface area contributed by atoms with Crippen LogP contribution in [0.3, 0.4) is 0 Å². The number of benzene rings is 2. The summed E-state index contributed by atoms with van der Waals surface area (Å²) < 4.78 is 4.81. The van der Waals surface area contributed by atoms with Crippen LogP contribution in [0.25, 0.3) is 0 Å². The highest BCUT2D eigenvalue weighted by molar-refractivity contribution is 5.94. The van der Waals surface area contributed by atoms with Gasteiger partial charge in [0.15, 0.2) is 5.78 Å². The van der Waals surface area contributed by atoms with Crippen LogP contribution in [-0.4, -0.2) is 18.5 Å². The van der Waals surface area contributed by atoms with Gasteiger partial charge in [0.05, 0.1) is 6.61 Å². The van der Waals surface area contributed by atoms with Crippen molar-refractivity contribution in [2.75, 3.05) is 17.2 Å². The summed E-state index contributed by atoms with van der Waals surface area (Å²) in [6, 6.07) is 14.5. The largest absolute Gasteiger partial charge is 0.450 e. The topological polar surface area (TPSA) is 67.4 Å². The van der Waals surface area contributed by atoms with Crippen molar-refractivity contribution >= 4 is 28.9 Å². The summed E-state index contributed by atoms with van der Waals surface area (Å²) in [6.07, 6.45) is -0.469. The molecule has 0 fully saturated rings. The van der Waals surface area contributed by atoms with Crippen molar-refractivity contribution in [3.05, 3.63) is 54.1 Å². The maximum absolute atomic E-state index is 11.3. The third kappa shape index (κ3) is 4.34. The van der Waals surface area contributed by atoms with E-state index in [2.05, 4.69) is 10.6 Å². The van der Waals surface area contributed by atoms with Crippen molar-refractivity contribution in [2.24, 2.45) is 0 Å². The van der Waals surface area contributed by atoms with E-state index in [1.807, 2.05) is 24.3 Å². The van der Waals surface area contributed by atoms with Gasteiger partial charge in [0.2, 0.25) is 0 Å². The summed E-state index contributed by atoms with van der Waals surface area (Å²) in [5.74, 6) is 0.0425. The minimum absolute atomic E-state index is 0.0425. The third-order valence-corrected chi connectivity index (χ3v) is 2.99. The maximum atomic E-state index is 11.3. The number of Topliss-reactive ketones (excluding diaryl/α,β-unsaturated/α-hetero) is 1. The highest BCUT2D eigenvalue weighted by Gasteiger charge is 2.02. The first-order valence-corrected chi connectivity index (χ1v) is 7.00. The monoisotopic (exact) mass is 298 g/mol. The molecule has 0 aliphatic heterocycles. The molecule has 0 spiro atoms. The van der Waals surface area contributed by atoms with Crippen LogP contribution in [0.2, 0.25) is 0 Å². The number of nitrogens with one attached hydrogen (secondary N) is 2. The quantitative estimate of drug-likeness (QED) is 0.812. The molecule has 0 aliphatic carbocycles. The first-order chi connectivity index (χ1) is 10.6. The molecule has 0 heterocycles. The predicted molar refractivity (Wildman–Crippen MR) is 86.8 cm³/mol. The lowest BCUT2D eigenvalue weighted by atomic mass is 10.1. The summed E-state index contributed by atoms with van der Waals surface area (Å²) in [6.45, 7) is 3.63. The van der Waals surface area contributed by atoms with E-state index in [1.165, 1.54) is 6.92 Å². The molecule has 0 aromatic heterocycles. The number of amides is 1. The Morgan fingerprint density at radius 1 is 0.909 bits per heavy atom. The van der Waals surface area contributed by atoms with Crippen molar-refractivity contribution in [1.29, 1.82) is 0 Å². The second-order valence-electron chi connectivity index (χ2n) is 4.68. The molecule has 0 aliphatic rings. The zero-order valence-electron chi connectivity index (χ0n) is 12.6. The molecule has 5 nitrogen and oxygen atoms in total. The standard InChI is InChI=1S/C17H18N2O3/c1-3-22-17(21)19-16-10-8-15(9-11-16)18-14-6-4-13(5-7-14)12(2)20/h4-11,18H,3H2,1-2H3,(H,19,21). The first-order valence-electron chi connectivity index (χ1n) is 7.00. The lowest BCUT2D eigenvalue weighted by Crippen LogP contribution is -2.13. The molecule has 0 saturated heterocycles. The average molecular weight is 298 g/mol. The van der Waals surface area contributed by atoms with Crippen LogP contribution in [-0.2, 0) is 4.74 Å². The zero-order valence-corrected chi connectivity index (χ0v) is 12.6. The fraction of sp³-hybridized carbons (Fsp3) is 0.176. The SMILES string of the molecule is CCOC(=O)Nc1ccc(Nc2ccc(C(C)=O)cc2)cc1. The molecule has 2 N–H and O–H groups in total. The fourth-order valence-corrected chi connectivity index (χ4v) is 1.88. The molecule has 1 amide bonds. The van der Waals surface area contributed by atoms with Crippen molar-refractivity contribution < 1.29 is 14.3 Å². The lowest BCUT2D eigenvalue weighted by Gasteiger charge is -2.09. The smallest absolute Gasteiger partial charge is 0.411 e. The maximum Gasteiger partial charge on any atom is 0.411 e. The number of hydrogen-bond acceptors (Lipinski definition) is 4. The van der Waals surface area contributed by atoms with E-state index in [9.17, 15) is 9.59 Å². The molecule has 114 valence electrons. The van der Waals surface area contributed by atoms with Crippen molar-refractivity contribution in [3.63, 3.8) is 0 Å². The fourth-order valence-electron chi connectivity index (χ4n) is 1.88. The molecular weight excluding hydrogens is 280 g/mol. The van der Waals surface area contributed by atoms with E-state index in [0.29, 0.717) is 17.9 Å². The van der Waals surface area contributed by atoms with Crippen molar-refractivity contribution in [3.8, 4) is 0 Å². The van der Waals surface area contributed by atoms with Crippen LogP contribution >= 0.6 is 0 Å². The Kier molecular flexibility index (Phi) is 5.14. The van der Waals surface area contributed by atoms with Gasteiger partial charge in [-0.2, -0.15) is 0 Å². The van der Waals surface area contributed by atoms with E-state index >= 15 is 0 Å². The van der Waals surface area contributed by atoms with Gasteiger partial charge in [0.25, 0.3) is 0 Å². The minimum Gasteiger partial charge on any atom is -0.450 e. The summed E-state index contributed by atoms with van der Waals surface area (Å²) in [4.78, 5) is 22.5. The van der Waals surface area contributed by atoms with Gasteiger partial charge >= 0.3 is 6.09 Å². The number of carbonyl (C=O) groups excluding carboxylic acids is 2. The van der Waals surface area contributed by atoms with Crippen LogP contribution < -0.4 is 10.6 Å². The van der Waals surface area contributed by atoms with Gasteiger partial charge in [0.1, 0.15) is 0 Å². The van der Waals surface area contributed by atoms with Crippen LogP contribution in [0.5, 0.6) is 0 Å². The van der Waals surface area contributed by atoms with Crippen LogP contribution in [0.15, 0.2) is 48.5 Å². The molecule has 0 radical (unpaired) electrons. The van der Waals surface area contributed by atoms with Gasteiger partial charge in [0, 0.05) is 22.6 Å². The Bertz CT molecular complexity index is 649. The number of hydrogen-bond donors (Lipinski definition) is 2. The van der Waals surface area contributed by atoms with E-state index in [0.717, 1.165) is 11.4 Å². The van der Waals surface area contributed by atoms with Gasteiger partial charge in [-0.3, -0.25) is 10.1 Å². The molecule has 2 aromatic carbocycles. The van der Waals surface area contributed by atoms with E-state index in [1.54, 1.807) is 31.2 Å². The van der Waals surface area contributed by atoms with Gasteiger partial charge in [-0.1, -0.05) is 0 Å². The highest BCUT2D eigenvalue weighted by atomic mass is 16.5. The van der Waals surface area contributed by atoms with Gasteiger partial charge in [-0.15, -0.1) is 0 Å². The van der Waals surface area contributed by atoms with Gasteiger partial charge in [-0.05, 0) is 62.4 Å². The molecule has 0 unspecified atom stereocenters. The second-order valence-corrected chi connectivity index (χ2v) is 4.68. The average Bonchev–Trinajstić information content (AvgIpc) is 2.50. The van der Waals surface area contributed by atoms with Crippen LogP contribution in [0, 0.1) is 0 Å². The summed E-state index contributed by atoms with van der Waals surface area (Å²) in [5, 5.41) is 5.85. The number of ether oxygens (including phenoxy) is 1. The Labute approximate surface area is 129 Å². The second kappa shape index (κ2) is 7.26. The molecule has 2 rings (SSSR count). The van der Waals surface area contributed by atoms with E-state index < -0.39 is 6.09 Å². The molecule has 0 atom stereocenters. The lowest BCUT2D eigenvalue weighted by molar-refractivity contribution is 0.101. The van der Waals surface area contributed by atoms with E-state index in [4.69, 9.17) is 4.74 Å². The number of anilines is 3. The van der Waals surface area contributed by atoms with Crippen LogP contribution in [0.1, 0.15) is 24.2 Å². The molecular formula is C17H18N2O3. The van der Waals surface area contributed by atoms with Gasteiger partial charge < -0.3 is 10.1 Å². The Hall–Kier alpha value is -2.82. The summed E-state index contributed by atoms with van der Waals surface area (Å²) >= 11 is 0. The van der Waals surface area contributed by atoms with E-state index in [-0.39, 0.29) is 5.78 Å². The van der Waals surface area contributed by atoms with Gasteiger partial charge in [-0.25, -0.2) is 4.79 Å². The Morgan fingerprint density at radius 3 is 1.91 bits per heavy atom. The van der Waals surface area contributed by atoms with Crippen LogP contribution in [0.4, 0.5) is 21.9 Å². The summed E-state index contributed by atoms with van der Waals surface area (Å²) in [7, 11) is 0. The zero-order chi connectivity index (χ0) is 15.9. The number of rotatable bonds is 5. The molecule has 22 heavy (non-hydrogen) atoms. The molecule has 0 saturated carbocycles. The first kappa shape index (κ1) is 15.6. The summed E-state index contributed by atoms with van der Waals surface area (Å²) in [5.41, 5.74) is 3.11. The van der Waals surface area contributed by atoms with Crippen molar-refractivity contribution in [1.82, 2.24) is 0 Å². The Morgan fingerprint density at radius 2 is 1.41 bits per heavy atom. The molecule has 2 aromatic rings. The van der Waals surface area contributed by atoms with Crippen molar-refractivity contribution in [2.45, 2.75) is 13.8 Å². The highest BCUT2D eigenvalue weighted by Crippen LogP contribution is 2.19. The molecule has 5 heteroatoms.